The fourth-order valence-corrected chi connectivity index (χ4v) is 3.31. The average molecular weight is 407 g/mol. The maximum absolute atomic E-state index is 13.2. The fourth-order valence-electron chi connectivity index (χ4n) is 3.14. The predicted octanol–water partition coefficient (Wildman–Crippen LogP) is 5.85. The Kier molecular flexibility index (Phi) is 7.04. The maximum atomic E-state index is 13.2. The summed E-state index contributed by atoms with van der Waals surface area (Å²) in [6, 6.07) is 24.3. The molecule has 0 unspecified atom stereocenters. The standard InChI is InChI=1S/C24H23ClN2O2/c1-2-9-22(28)26-19-14-15-20(25)21(16-19)27-24(29)23(17-10-5-3-6-11-17)18-12-7-4-8-13-18/h3-8,10-16,23H,2,9H2,1H3,(H,26,28)(H,27,29). The van der Waals surface area contributed by atoms with E-state index in [0.717, 1.165) is 17.5 Å². The van der Waals surface area contributed by atoms with Crippen molar-refractivity contribution in [2.45, 2.75) is 25.7 Å². The van der Waals surface area contributed by atoms with Gasteiger partial charge in [-0.25, -0.2) is 0 Å². The van der Waals surface area contributed by atoms with E-state index in [-0.39, 0.29) is 11.8 Å². The molecular weight excluding hydrogens is 384 g/mol. The third kappa shape index (κ3) is 5.46. The van der Waals surface area contributed by atoms with E-state index in [2.05, 4.69) is 10.6 Å². The van der Waals surface area contributed by atoms with Crippen LogP contribution in [0, 0.1) is 0 Å². The van der Waals surface area contributed by atoms with Gasteiger partial charge in [0.15, 0.2) is 0 Å². The summed E-state index contributed by atoms with van der Waals surface area (Å²) in [4.78, 5) is 25.1. The Morgan fingerprint density at radius 3 is 2.00 bits per heavy atom. The summed E-state index contributed by atoms with van der Waals surface area (Å²) in [6.07, 6.45) is 1.20. The van der Waals surface area contributed by atoms with Crippen LogP contribution in [0.1, 0.15) is 36.8 Å². The number of carbonyl (C=O) groups excluding carboxylic acids is 2. The summed E-state index contributed by atoms with van der Waals surface area (Å²) in [5.74, 6) is -0.744. The number of rotatable bonds is 7. The summed E-state index contributed by atoms with van der Waals surface area (Å²) in [5, 5.41) is 6.17. The Bertz CT molecular complexity index is 935. The number of nitrogens with one attached hydrogen (secondary N) is 2. The second-order valence-electron chi connectivity index (χ2n) is 6.74. The van der Waals surface area contributed by atoms with Crippen molar-refractivity contribution in [2.75, 3.05) is 10.6 Å². The van der Waals surface area contributed by atoms with Gasteiger partial charge in [-0.2, -0.15) is 0 Å². The van der Waals surface area contributed by atoms with Crippen molar-refractivity contribution in [1.29, 1.82) is 0 Å². The molecule has 4 nitrogen and oxygen atoms in total. The number of hydrogen-bond donors (Lipinski definition) is 2. The molecule has 2 N–H and O–H groups in total. The first-order valence-corrected chi connectivity index (χ1v) is 9.96. The van der Waals surface area contributed by atoms with Gasteiger partial charge in [0.25, 0.3) is 0 Å². The van der Waals surface area contributed by atoms with Crippen molar-refractivity contribution in [3.8, 4) is 0 Å². The first-order chi connectivity index (χ1) is 14.1. The van der Waals surface area contributed by atoms with Crippen LogP contribution in [0.4, 0.5) is 11.4 Å². The van der Waals surface area contributed by atoms with E-state index in [1.807, 2.05) is 67.6 Å². The second-order valence-corrected chi connectivity index (χ2v) is 7.14. The van der Waals surface area contributed by atoms with Crippen LogP contribution in [0.15, 0.2) is 78.9 Å². The molecule has 5 heteroatoms. The predicted molar refractivity (Wildman–Crippen MR) is 118 cm³/mol. The third-order valence-corrected chi connectivity index (χ3v) is 4.84. The largest absolute Gasteiger partial charge is 0.326 e. The summed E-state index contributed by atoms with van der Waals surface area (Å²) >= 11 is 6.31. The number of halogens is 1. The number of amides is 2. The molecule has 0 aromatic heterocycles. The van der Waals surface area contributed by atoms with Crippen LogP contribution >= 0.6 is 11.6 Å². The van der Waals surface area contributed by atoms with E-state index >= 15 is 0 Å². The summed E-state index contributed by atoms with van der Waals surface area (Å²) in [6.45, 7) is 1.94. The molecule has 3 rings (SSSR count). The van der Waals surface area contributed by atoms with Crippen LogP contribution in [-0.2, 0) is 9.59 Å². The van der Waals surface area contributed by atoms with E-state index < -0.39 is 5.92 Å². The van der Waals surface area contributed by atoms with Gasteiger partial charge in [0.2, 0.25) is 11.8 Å². The fraction of sp³-hybridized carbons (Fsp3) is 0.167. The van der Waals surface area contributed by atoms with Crippen LogP contribution in [0.5, 0.6) is 0 Å². The summed E-state index contributed by atoms with van der Waals surface area (Å²) < 4.78 is 0. The molecule has 0 heterocycles. The lowest BCUT2D eigenvalue weighted by atomic mass is 9.90. The molecule has 0 aliphatic heterocycles. The van der Waals surface area contributed by atoms with Gasteiger partial charge in [0.1, 0.15) is 0 Å². The Morgan fingerprint density at radius 2 is 1.45 bits per heavy atom. The van der Waals surface area contributed by atoms with Crippen molar-refractivity contribution in [3.63, 3.8) is 0 Å². The van der Waals surface area contributed by atoms with Crippen molar-refractivity contribution in [3.05, 3.63) is 95.0 Å². The Balaban J connectivity index is 1.87. The summed E-state index contributed by atoms with van der Waals surface area (Å²) in [5.41, 5.74) is 2.83. The SMILES string of the molecule is CCCC(=O)Nc1ccc(Cl)c(NC(=O)C(c2ccccc2)c2ccccc2)c1. The third-order valence-electron chi connectivity index (χ3n) is 4.51. The number of benzene rings is 3. The highest BCUT2D eigenvalue weighted by molar-refractivity contribution is 6.34. The number of hydrogen-bond acceptors (Lipinski definition) is 2. The molecule has 0 fully saturated rings. The van der Waals surface area contributed by atoms with Gasteiger partial charge in [-0.05, 0) is 35.7 Å². The van der Waals surface area contributed by atoms with Crippen LogP contribution in [-0.4, -0.2) is 11.8 Å². The van der Waals surface area contributed by atoms with Crippen molar-refractivity contribution in [1.82, 2.24) is 0 Å². The van der Waals surface area contributed by atoms with Gasteiger partial charge in [-0.15, -0.1) is 0 Å². The second kappa shape index (κ2) is 9.89. The molecule has 29 heavy (non-hydrogen) atoms. The molecule has 0 bridgehead atoms. The molecule has 0 atom stereocenters. The molecule has 3 aromatic carbocycles. The van der Waals surface area contributed by atoms with Gasteiger partial charge >= 0.3 is 0 Å². The molecule has 0 spiro atoms. The van der Waals surface area contributed by atoms with Gasteiger partial charge in [-0.1, -0.05) is 79.2 Å². The van der Waals surface area contributed by atoms with Crippen LogP contribution in [0.3, 0.4) is 0 Å². The van der Waals surface area contributed by atoms with Crippen LogP contribution in [0.2, 0.25) is 5.02 Å². The van der Waals surface area contributed by atoms with Gasteiger partial charge in [-0.3, -0.25) is 9.59 Å². The van der Waals surface area contributed by atoms with Crippen molar-refractivity contribution < 1.29 is 9.59 Å². The van der Waals surface area contributed by atoms with Gasteiger partial charge < -0.3 is 10.6 Å². The summed E-state index contributed by atoms with van der Waals surface area (Å²) in [7, 11) is 0. The highest BCUT2D eigenvalue weighted by Crippen LogP contribution is 2.30. The van der Waals surface area contributed by atoms with Crippen molar-refractivity contribution in [2.24, 2.45) is 0 Å². The molecule has 0 saturated heterocycles. The molecule has 3 aromatic rings. The van der Waals surface area contributed by atoms with E-state index in [1.54, 1.807) is 18.2 Å². The van der Waals surface area contributed by atoms with Crippen LogP contribution in [0.25, 0.3) is 0 Å². The minimum absolute atomic E-state index is 0.0708. The monoisotopic (exact) mass is 406 g/mol. The smallest absolute Gasteiger partial charge is 0.236 e. The number of carbonyl (C=O) groups is 2. The lowest BCUT2D eigenvalue weighted by Crippen LogP contribution is -2.22. The zero-order valence-electron chi connectivity index (χ0n) is 16.2. The zero-order valence-corrected chi connectivity index (χ0v) is 16.9. The first-order valence-electron chi connectivity index (χ1n) is 9.58. The molecule has 0 aliphatic carbocycles. The first kappa shape index (κ1) is 20.6. The average Bonchev–Trinajstić information content (AvgIpc) is 2.72. The van der Waals surface area contributed by atoms with E-state index in [4.69, 9.17) is 11.6 Å². The molecule has 0 radical (unpaired) electrons. The maximum Gasteiger partial charge on any atom is 0.236 e. The Hall–Kier alpha value is -3.11. The van der Waals surface area contributed by atoms with Crippen molar-refractivity contribution >= 4 is 34.8 Å². The normalized spacial score (nSPS) is 10.6. The highest BCUT2D eigenvalue weighted by Gasteiger charge is 2.23. The molecule has 0 aliphatic rings. The number of anilines is 2. The Morgan fingerprint density at radius 1 is 0.862 bits per heavy atom. The minimum Gasteiger partial charge on any atom is -0.326 e. The lowest BCUT2D eigenvalue weighted by molar-refractivity contribution is -0.117. The lowest BCUT2D eigenvalue weighted by Gasteiger charge is -2.19. The van der Waals surface area contributed by atoms with E-state index in [0.29, 0.717) is 22.8 Å². The van der Waals surface area contributed by atoms with E-state index in [1.165, 1.54) is 0 Å². The zero-order chi connectivity index (χ0) is 20.6. The quantitative estimate of drug-likeness (QED) is 0.517. The molecule has 148 valence electrons. The molecule has 2 amide bonds. The molecule has 0 saturated carbocycles. The minimum atomic E-state index is -0.480. The van der Waals surface area contributed by atoms with Crippen LogP contribution < -0.4 is 10.6 Å². The van der Waals surface area contributed by atoms with Gasteiger partial charge in [0.05, 0.1) is 16.6 Å². The van der Waals surface area contributed by atoms with Gasteiger partial charge in [0, 0.05) is 12.1 Å². The topological polar surface area (TPSA) is 58.2 Å². The highest BCUT2D eigenvalue weighted by atomic mass is 35.5. The molecular formula is C24H23ClN2O2. The van der Waals surface area contributed by atoms with E-state index in [9.17, 15) is 9.59 Å². The Labute approximate surface area is 175 Å².